The van der Waals surface area contributed by atoms with Gasteiger partial charge in [-0.05, 0) is 26.7 Å². The van der Waals surface area contributed by atoms with Crippen molar-refractivity contribution in [2.24, 2.45) is 9.98 Å². The smallest absolute Gasteiger partial charge is 0.0723 e. The average molecular weight is 164 g/mol. The zero-order chi connectivity index (χ0) is 8.97. The van der Waals surface area contributed by atoms with Crippen LogP contribution in [0.3, 0.4) is 0 Å². The third kappa shape index (κ3) is 2.61. The summed E-state index contributed by atoms with van der Waals surface area (Å²) in [7, 11) is 0. The van der Waals surface area contributed by atoms with E-state index in [1.54, 1.807) is 12.4 Å². The van der Waals surface area contributed by atoms with Gasteiger partial charge in [0.2, 0.25) is 0 Å². The minimum absolute atomic E-state index is 0.342. The Balaban J connectivity index is 2.37. The summed E-state index contributed by atoms with van der Waals surface area (Å²) in [6.07, 6.45) is 5.71. The molecule has 0 aliphatic carbocycles. The van der Waals surface area contributed by atoms with Gasteiger partial charge in [0.15, 0.2) is 0 Å². The summed E-state index contributed by atoms with van der Waals surface area (Å²) >= 11 is 0. The third-order valence-electron chi connectivity index (χ3n) is 2.09. The second kappa shape index (κ2) is 4.19. The van der Waals surface area contributed by atoms with E-state index in [4.69, 9.17) is 0 Å². The Morgan fingerprint density at radius 1 is 1.42 bits per heavy atom. The van der Waals surface area contributed by atoms with E-state index in [0.717, 1.165) is 12.8 Å². The Kier molecular flexibility index (Phi) is 3.20. The maximum atomic E-state index is 4.37. The van der Waals surface area contributed by atoms with Crippen LogP contribution < -0.4 is 0 Å². The fourth-order valence-corrected chi connectivity index (χ4v) is 1.26. The molecule has 1 unspecified atom stereocenters. The van der Waals surface area contributed by atoms with E-state index >= 15 is 0 Å². The van der Waals surface area contributed by atoms with Crippen LogP contribution in [0.4, 0.5) is 0 Å². The number of hydrogen-bond donors (Lipinski definition) is 0. The van der Waals surface area contributed by atoms with Crippen molar-refractivity contribution in [2.75, 3.05) is 0 Å². The summed E-state index contributed by atoms with van der Waals surface area (Å²) in [5.41, 5.74) is 1.23. The lowest BCUT2D eigenvalue weighted by molar-refractivity contribution is 0.527. The van der Waals surface area contributed by atoms with Gasteiger partial charge < -0.3 is 0 Å². The number of allylic oxidation sites excluding steroid dienone is 1. The van der Waals surface area contributed by atoms with Crippen LogP contribution in [-0.2, 0) is 0 Å². The topological polar surface area (TPSA) is 24.7 Å². The van der Waals surface area contributed by atoms with E-state index in [1.807, 2.05) is 0 Å². The molecule has 0 spiro atoms. The molecule has 12 heavy (non-hydrogen) atoms. The molecule has 1 aliphatic heterocycles. The number of hydrogen-bond acceptors (Lipinski definition) is 2. The van der Waals surface area contributed by atoms with Crippen LogP contribution in [-0.4, -0.2) is 24.5 Å². The molecule has 2 nitrogen and oxygen atoms in total. The Hall–Kier alpha value is -0.920. The minimum atomic E-state index is 0.342. The molecule has 1 rings (SSSR count). The lowest BCUT2D eigenvalue weighted by atomic mass is 10.0. The van der Waals surface area contributed by atoms with Gasteiger partial charge in [0, 0.05) is 12.4 Å². The quantitative estimate of drug-likeness (QED) is 0.572. The zero-order valence-electron chi connectivity index (χ0n) is 7.83. The molecule has 0 saturated carbocycles. The lowest BCUT2D eigenvalue weighted by Gasteiger charge is -2.18. The van der Waals surface area contributed by atoms with Crippen molar-refractivity contribution in [1.29, 1.82) is 0 Å². The molecular weight excluding hydrogens is 148 g/mol. The molecule has 0 aromatic rings. The van der Waals surface area contributed by atoms with Crippen molar-refractivity contribution in [3.8, 4) is 0 Å². The van der Waals surface area contributed by atoms with E-state index < -0.39 is 0 Å². The fraction of sp³-hybridized carbons (Fsp3) is 0.600. The molecule has 0 aromatic carbocycles. The van der Waals surface area contributed by atoms with Crippen LogP contribution >= 0.6 is 0 Å². The Labute approximate surface area is 74.1 Å². The van der Waals surface area contributed by atoms with Gasteiger partial charge >= 0.3 is 0 Å². The second-order valence-electron chi connectivity index (χ2n) is 3.40. The van der Waals surface area contributed by atoms with Gasteiger partial charge in [-0.15, -0.1) is 6.58 Å². The summed E-state index contributed by atoms with van der Waals surface area (Å²) in [5.74, 6) is 0. The molecule has 0 amide bonds. The monoisotopic (exact) mass is 164 g/mol. The van der Waals surface area contributed by atoms with Gasteiger partial charge in [-0.1, -0.05) is 5.57 Å². The first-order valence-corrected chi connectivity index (χ1v) is 4.39. The van der Waals surface area contributed by atoms with E-state index in [1.165, 1.54) is 5.57 Å². The van der Waals surface area contributed by atoms with Crippen LogP contribution in [0.25, 0.3) is 0 Å². The van der Waals surface area contributed by atoms with Crippen LogP contribution in [0.2, 0.25) is 0 Å². The van der Waals surface area contributed by atoms with Crippen LogP contribution in [0.5, 0.6) is 0 Å². The van der Waals surface area contributed by atoms with Crippen LogP contribution in [0.1, 0.15) is 26.7 Å². The van der Waals surface area contributed by atoms with Gasteiger partial charge in [-0.3, -0.25) is 9.98 Å². The number of rotatable bonds is 3. The first-order chi connectivity index (χ1) is 5.70. The van der Waals surface area contributed by atoms with Gasteiger partial charge in [-0.25, -0.2) is 0 Å². The molecule has 2 heteroatoms. The summed E-state index contributed by atoms with van der Waals surface area (Å²) in [6.45, 7) is 8.04. The largest absolute Gasteiger partial charge is 0.286 e. The van der Waals surface area contributed by atoms with Crippen LogP contribution in [0, 0.1) is 0 Å². The Morgan fingerprint density at radius 3 is 2.67 bits per heavy atom. The molecule has 0 bridgehead atoms. The van der Waals surface area contributed by atoms with Gasteiger partial charge in [0.25, 0.3) is 0 Å². The summed E-state index contributed by atoms with van der Waals surface area (Å²) in [4.78, 5) is 8.65. The van der Waals surface area contributed by atoms with E-state index in [9.17, 15) is 0 Å². The first kappa shape index (κ1) is 9.17. The molecule has 0 fully saturated rings. The average Bonchev–Trinajstić information content (AvgIpc) is 2.03. The number of aliphatic imine (C=N–C) groups is 2. The van der Waals surface area contributed by atoms with Gasteiger partial charge in [0.05, 0.1) is 12.1 Å². The SMILES string of the molecule is C=C(C)CCC1N=CC=N[C@H]1C. The Morgan fingerprint density at radius 2 is 2.08 bits per heavy atom. The second-order valence-corrected chi connectivity index (χ2v) is 3.40. The maximum absolute atomic E-state index is 4.37. The molecule has 0 aromatic heterocycles. The molecule has 66 valence electrons. The zero-order valence-corrected chi connectivity index (χ0v) is 7.83. The first-order valence-electron chi connectivity index (χ1n) is 4.39. The van der Waals surface area contributed by atoms with Gasteiger partial charge in [0.1, 0.15) is 0 Å². The molecule has 1 heterocycles. The summed E-state index contributed by atoms with van der Waals surface area (Å²) in [6, 6.07) is 0.709. The summed E-state index contributed by atoms with van der Waals surface area (Å²) in [5, 5.41) is 0. The highest BCUT2D eigenvalue weighted by molar-refractivity contribution is 6.16. The lowest BCUT2D eigenvalue weighted by Crippen LogP contribution is -2.22. The normalized spacial score (nSPS) is 27.5. The van der Waals surface area contributed by atoms with Crippen molar-refractivity contribution >= 4 is 12.4 Å². The molecule has 1 aliphatic rings. The molecule has 0 radical (unpaired) electrons. The van der Waals surface area contributed by atoms with Crippen LogP contribution in [0.15, 0.2) is 22.1 Å². The van der Waals surface area contributed by atoms with Crippen molar-refractivity contribution in [3.05, 3.63) is 12.2 Å². The molecule has 0 saturated heterocycles. The highest BCUT2D eigenvalue weighted by atomic mass is 14.9. The third-order valence-corrected chi connectivity index (χ3v) is 2.09. The van der Waals surface area contributed by atoms with Gasteiger partial charge in [-0.2, -0.15) is 0 Å². The fourth-order valence-electron chi connectivity index (χ4n) is 1.26. The minimum Gasteiger partial charge on any atom is -0.286 e. The highest BCUT2D eigenvalue weighted by Crippen LogP contribution is 2.14. The van der Waals surface area contributed by atoms with Crippen molar-refractivity contribution in [2.45, 2.75) is 38.8 Å². The Bertz CT molecular complexity index is 216. The predicted molar refractivity (Wildman–Crippen MR) is 54.3 cm³/mol. The molecular formula is C10H16N2. The standard InChI is InChI=1S/C10H16N2/c1-8(2)4-5-10-9(3)11-6-7-12-10/h6-7,9-10H,1,4-5H2,2-3H3/t9-,10?/m0/s1. The summed E-state index contributed by atoms with van der Waals surface area (Å²) < 4.78 is 0. The van der Waals surface area contributed by atoms with E-state index in [2.05, 4.69) is 30.4 Å². The van der Waals surface area contributed by atoms with Crippen molar-refractivity contribution < 1.29 is 0 Å². The maximum Gasteiger partial charge on any atom is 0.0723 e. The van der Waals surface area contributed by atoms with E-state index in [-0.39, 0.29) is 0 Å². The van der Waals surface area contributed by atoms with Crippen molar-refractivity contribution in [3.63, 3.8) is 0 Å². The highest BCUT2D eigenvalue weighted by Gasteiger charge is 2.15. The molecule has 2 atom stereocenters. The molecule has 0 N–H and O–H groups in total. The predicted octanol–water partition coefficient (Wildman–Crippen LogP) is 2.26. The van der Waals surface area contributed by atoms with E-state index in [0.29, 0.717) is 12.1 Å². The number of nitrogens with zero attached hydrogens (tertiary/aromatic N) is 2. The van der Waals surface area contributed by atoms with Crippen molar-refractivity contribution in [1.82, 2.24) is 0 Å².